The number of carbonyl (C=O) groups is 1. The minimum atomic E-state index is -0.744. The van der Waals surface area contributed by atoms with Crippen LogP contribution in [0.25, 0.3) is 10.9 Å². The lowest BCUT2D eigenvalue weighted by atomic mass is 10.1. The average Bonchev–Trinajstić information content (AvgIpc) is 2.70. The number of carboxylic acids is 1. The van der Waals surface area contributed by atoms with Gasteiger partial charge in [0.05, 0.1) is 6.42 Å². The molecule has 0 atom stereocenters. The van der Waals surface area contributed by atoms with Crippen molar-refractivity contribution < 1.29 is 9.90 Å². The van der Waals surface area contributed by atoms with Crippen LogP contribution in [0.4, 0.5) is 0 Å². The molecule has 2 N–H and O–H groups in total. The van der Waals surface area contributed by atoms with Crippen LogP contribution in [-0.4, -0.2) is 33.5 Å². The molecule has 0 aliphatic rings. The summed E-state index contributed by atoms with van der Waals surface area (Å²) in [7, 11) is 0. The summed E-state index contributed by atoms with van der Waals surface area (Å²) in [6, 6.07) is 8.57. The number of fused-ring (bicyclic) bond motifs is 1. The zero-order valence-corrected chi connectivity index (χ0v) is 12.3. The summed E-state index contributed by atoms with van der Waals surface area (Å²) < 4.78 is 0. The van der Waals surface area contributed by atoms with Crippen LogP contribution in [0.1, 0.15) is 31.5 Å². The lowest BCUT2D eigenvalue weighted by Gasteiger charge is -2.26. The van der Waals surface area contributed by atoms with E-state index in [0.717, 1.165) is 17.8 Å². The van der Waals surface area contributed by atoms with Gasteiger partial charge in [0.25, 0.3) is 0 Å². The first-order valence-corrected chi connectivity index (χ1v) is 7.01. The molecule has 4 heteroatoms. The van der Waals surface area contributed by atoms with Crippen LogP contribution < -0.4 is 0 Å². The zero-order valence-electron chi connectivity index (χ0n) is 12.3. The molecule has 0 fully saturated rings. The molecule has 2 rings (SSSR count). The number of nitrogens with one attached hydrogen (secondary N) is 1. The molecule has 0 radical (unpaired) electrons. The fourth-order valence-electron chi connectivity index (χ4n) is 2.50. The van der Waals surface area contributed by atoms with Gasteiger partial charge >= 0.3 is 5.97 Å². The predicted molar refractivity (Wildman–Crippen MR) is 80.8 cm³/mol. The molecule has 0 saturated heterocycles. The number of para-hydroxylation sites is 1. The van der Waals surface area contributed by atoms with E-state index in [1.807, 2.05) is 12.1 Å². The standard InChI is InChI=1S/C16H22N2O2/c1-11(2)18(9-8-16(19)20)10-14-12(3)17-15-7-5-4-6-13(14)15/h4-7,11,17H,8-10H2,1-3H3,(H,19,20). The van der Waals surface area contributed by atoms with Gasteiger partial charge in [0.2, 0.25) is 0 Å². The lowest BCUT2D eigenvalue weighted by Crippen LogP contribution is -2.32. The Bertz CT molecular complexity index is 602. The topological polar surface area (TPSA) is 56.3 Å². The van der Waals surface area contributed by atoms with Gasteiger partial charge in [-0.3, -0.25) is 9.69 Å². The Hall–Kier alpha value is -1.81. The average molecular weight is 274 g/mol. The van der Waals surface area contributed by atoms with Crippen molar-refractivity contribution in [2.45, 2.75) is 39.8 Å². The summed E-state index contributed by atoms with van der Waals surface area (Å²) >= 11 is 0. The number of aromatic amines is 1. The lowest BCUT2D eigenvalue weighted by molar-refractivity contribution is -0.137. The minimum absolute atomic E-state index is 0.180. The number of rotatable bonds is 6. The molecular weight excluding hydrogens is 252 g/mol. The normalized spacial score (nSPS) is 11.7. The Morgan fingerprint density at radius 2 is 2.05 bits per heavy atom. The Kier molecular flexibility index (Phi) is 4.45. The molecule has 108 valence electrons. The van der Waals surface area contributed by atoms with Crippen molar-refractivity contribution in [1.29, 1.82) is 0 Å². The zero-order chi connectivity index (χ0) is 14.7. The summed E-state index contributed by atoms with van der Waals surface area (Å²) in [5.41, 5.74) is 3.56. The summed E-state index contributed by atoms with van der Waals surface area (Å²) in [4.78, 5) is 16.4. The Morgan fingerprint density at radius 1 is 1.35 bits per heavy atom. The molecule has 20 heavy (non-hydrogen) atoms. The van der Waals surface area contributed by atoms with Gasteiger partial charge in [0.15, 0.2) is 0 Å². The third-order valence-corrected chi connectivity index (χ3v) is 3.73. The highest BCUT2D eigenvalue weighted by Crippen LogP contribution is 2.24. The molecular formula is C16H22N2O2. The fourth-order valence-corrected chi connectivity index (χ4v) is 2.50. The first-order valence-electron chi connectivity index (χ1n) is 7.01. The van der Waals surface area contributed by atoms with E-state index in [-0.39, 0.29) is 6.42 Å². The van der Waals surface area contributed by atoms with Crippen molar-refractivity contribution in [3.63, 3.8) is 0 Å². The fraction of sp³-hybridized carbons (Fsp3) is 0.438. The monoisotopic (exact) mass is 274 g/mol. The highest BCUT2D eigenvalue weighted by Gasteiger charge is 2.16. The second kappa shape index (κ2) is 6.09. The number of aliphatic carboxylic acids is 1. The molecule has 2 aromatic rings. The van der Waals surface area contributed by atoms with Crippen LogP contribution in [0.3, 0.4) is 0 Å². The van der Waals surface area contributed by atoms with Gasteiger partial charge in [0, 0.05) is 35.7 Å². The number of benzene rings is 1. The van der Waals surface area contributed by atoms with Gasteiger partial charge in [0.1, 0.15) is 0 Å². The number of carboxylic acid groups (broad SMARTS) is 1. The van der Waals surface area contributed by atoms with E-state index in [9.17, 15) is 4.79 Å². The van der Waals surface area contributed by atoms with Crippen molar-refractivity contribution in [3.05, 3.63) is 35.5 Å². The van der Waals surface area contributed by atoms with Crippen molar-refractivity contribution >= 4 is 16.9 Å². The molecule has 0 aliphatic heterocycles. The highest BCUT2D eigenvalue weighted by atomic mass is 16.4. The largest absolute Gasteiger partial charge is 0.481 e. The van der Waals surface area contributed by atoms with Crippen molar-refractivity contribution in [2.75, 3.05) is 6.54 Å². The van der Waals surface area contributed by atoms with Crippen LogP contribution in [0, 0.1) is 6.92 Å². The first-order chi connectivity index (χ1) is 9.49. The van der Waals surface area contributed by atoms with Gasteiger partial charge in [-0.15, -0.1) is 0 Å². The van der Waals surface area contributed by atoms with Crippen LogP contribution in [-0.2, 0) is 11.3 Å². The highest BCUT2D eigenvalue weighted by molar-refractivity contribution is 5.84. The molecule has 1 aromatic heterocycles. The maximum Gasteiger partial charge on any atom is 0.304 e. The Morgan fingerprint density at radius 3 is 2.70 bits per heavy atom. The molecule has 0 spiro atoms. The van der Waals surface area contributed by atoms with E-state index in [1.165, 1.54) is 10.9 Å². The third kappa shape index (κ3) is 3.20. The predicted octanol–water partition coefficient (Wildman–Crippen LogP) is 3.16. The van der Waals surface area contributed by atoms with Crippen LogP contribution in [0.2, 0.25) is 0 Å². The molecule has 0 bridgehead atoms. The first kappa shape index (κ1) is 14.6. The van der Waals surface area contributed by atoms with E-state index in [0.29, 0.717) is 12.6 Å². The van der Waals surface area contributed by atoms with Gasteiger partial charge in [-0.2, -0.15) is 0 Å². The maximum atomic E-state index is 10.8. The molecule has 1 heterocycles. The molecule has 0 unspecified atom stereocenters. The van der Waals surface area contributed by atoms with Crippen LogP contribution in [0.5, 0.6) is 0 Å². The van der Waals surface area contributed by atoms with E-state index in [2.05, 4.69) is 42.8 Å². The smallest absolute Gasteiger partial charge is 0.304 e. The van der Waals surface area contributed by atoms with Gasteiger partial charge in [-0.1, -0.05) is 18.2 Å². The maximum absolute atomic E-state index is 10.8. The second-order valence-electron chi connectivity index (χ2n) is 5.48. The quantitative estimate of drug-likeness (QED) is 0.850. The minimum Gasteiger partial charge on any atom is -0.481 e. The molecule has 4 nitrogen and oxygen atoms in total. The molecule has 0 aliphatic carbocycles. The number of aromatic nitrogens is 1. The third-order valence-electron chi connectivity index (χ3n) is 3.73. The summed E-state index contributed by atoms with van der Waals surface area (Å²) in [5.74, 6) is -0.744. The van der Waals surface area contributed by atoms with E-state index < -0.39 is 5.97 Å². The second-order valence-corrected chi connectivity index (χ2v) is 5.48. The SMILES string of the molecule is Cc1[nH]c2ccccc2c1CN(CCC(=O)O)C(C)C. The number of nitrogens with zero attached hydrogens (tertiary/aromatic N) is 1. The molecule has 0 saturated carbocycles. The molecule has 0 amide bonds. The van der Waals surface area contributed by atoms with Crippen molar-refractivity contribution in [3.8, 4) is 0 Å². The molecule has 1 aromatic carbocycles. The summed E-state index contributed by atoms with van der Waals surface area (Å²) in [5, 5.41) is 10.1. The van der Waals surface area contributed by atoms with Gasteiger partial charge in [-0.25, -0.2) is 0 Å². The van der Waals surface area contributed by atoms with Crippen LogP contribution >= 0.6 is 0 Å². The number of hydrogen-bond acceptors (Lipinski definition) is 2. The number of hydrogen-bond donors (Lipinski definition) is 2. The van der Waals surface area contributed by atoms with Crippen molar-refractivity contribution in [1.82, 2.24) is 9.88 Å². The number of H-pyrrole nitrogens is 1. The van der Waals surface area contributed by atoms with E-state index >= 15 is 0 Å². The van der Waals surface area contributed by atoms with Crippen LogP contribution in [0.15, 0.2) is 24.3 Å². The van der Waals surface area contributed by atoms with Gasteiger partial charge in [-0.05, 0) is 32.4 Å². The van der Waals surface area contributed by atoms with Crippen molar-refractivity contribution in [2.24, 2.45) is 0 Å². The number of aryl methyl sites for hydroxylation is 1. The van der Waals surface area contributed by atoms with E-state index in [1.54, 1.807) is 0 Å². The van der Waals surface area contributed by atoms with E-state index in [4.69, 9.17) is 5.11 Å². The summed E-state index contributed by atoms with van der Waals surface area (Å²) in [6.07, 6.45) is 0.180. The summed E-state index contributed by atoms with van der Waals surface area (Å²) in [6.45, 7) is 7.63. The van der Waals surface area contributed by atoms with Gasteiger partial charge < -0.3 is 10.1 Å². The Balaban J connectivity index is 2.24. The Labute approximate surface area is 119 Å².